The van der Waals surface area contributed by atoms with Gasteiger partial charge in [-0.1, -0.05) is 20.3 Å². The molecule has 66 valence electrons. The summed E-state index contributed by atoms with van der Waals surface area (Å²) in [5.74, 6) is -0.379. The zero-order valence-corrected chi connectivity index (χ0v) is 7.10. The molecule has 0 heterocycles. The van der Waals surface area contributed by atoms with Crippen molar-refractivity contribution in [3.63, 3.8) is 0 Å². The molecule has 0 fully saturated rings. The van der Waals surface area contributed by atoms with Gasteiger partial charge in [0, 0.05) is 0 Å². The van der Waals surface area contributed by atoms with Crippen molar-refractivity contribution in [2.24, 2.45) is 5.92 Å². The first-order valence-corrected chi connectivity index (χ1v) is 3.95. The van der Waals surface area contributed by atoms with E-state index in [2.05, 4.69) is 4.74 Å². The third kappa shape index (κ3) is 4.76. The Morgan fingerprint density at radius 1 is 1.64 bits per heavy atom. The summed E-state index contributed by atoms with van der Waals surface area (Å²) in [4.78, 5) is 10.9. The minimum atomic E-state index is -0.593. The van der Waals surface area contributed by atoms with E-state index in [1.54, 1.807) is 6.92 Å². The van der Waals surface area contributed by atoms with E-state index in [1.807, 2.05) is 6.92 Å². The van der Waals surface area contributed by atoms with E-state index in [1.165, 1.54) is 0 Å². The highest BCUT2D eigenvalue weighted by molar-refractivity contribution is 5.71. The first-order chi connectivity index (χ1) is 5.22. The van der Waals surface area contributed by atoms with E-state index in [9.17, 15) is 9.18 Å². The molecular formula is C8H15FO2. The molecule has 0 spiro atoms. The zero-order valence-electron chi connectivity index (χ0n) is 7.10. The molecule has 0 aliphatic rings. The lowest BCUT2D eigenvalue weighted by Gasteiger charge is -2.08. The molecule has 0 aromatic rings. The molecule has 0 aliphatic heterocycles. The average Bonchev–Trinajstić information content (AvgIpc) is 2.00. The van der Waals surface area contributed by atoms with Gasteiger partial charge in [0.25, 0.3) is 0 Å². The maximum Gasteiger partial charge on any atom is 0.308 e. The first kappa shape index (κ1) is 10.4. The van der Waals surface area contributed by atoms with Crippen LogP contribution in [-0.2, 0) is 9.53 Å². The van der Waals surface area contributed by atoms with Gasteiger partial charge in [-0.05, 0) is 6.42 Å². The van der Waals surface area contributed by atoms with Gasteiger partial charge >= 0.3 is 5.97 Å². The summed E-state index contributed by atoms with van der Waals surface area (Å²) in [5.41, 5.74) is 0. The summed E-state index contributed by atoms with van der Waals surface area (Å²) in [7, 11) is 0. The van der Waals surface area contributed by atoms with E-state index < -0.39 is 6.67 Å². The highest BCUT2D eigenvalue weighted by Gasteiger charge is 2.12. The van der Waals surface area contributed by atoms with Crippen LogP contribution < -0.4 is 0 Å². The number of carbonyl (C=O) groups excluding carboxylic acids is 1. The summed E-state index contributed by atoms with van der Waals surface area (Å²) in [6.45, 7) is 3.10. The second kappa shape index (κ2) is 6.13. The van der Waals surface area contributed by atoms with Gasteiger partial charge in [0.15, 0.2) is 0 Å². The quantitative estimate of drug-likeness (QED) is 0.577. The minimum Gasteiger partial charge on any atom is -0.463 e. The summed E-state index contributed by atoms with van der Waals surface area (Å²) in [6.07, 6.45) is 1.76. The third-order valence-corrected chi connectivity index (χ3v) is 1.45. The van der Waals surface area contributed by atoms with Crippen LogP contribution in [0.25, 0.3) is 0 Å². The van der Waals surface area contributed by atoms with E-state index >= 15 is 0 Å². The Kier molecular flexibility index (Phi) is 5.80. The SMILES string of the molecule is CCCC(C)C(=O)OCCF. The van der Waals surface area contributed by atoms with Gasteiger partial charge < -0.3 is 4.74 Å². The molecule has 11 heavy (non-hydrogen) atoms. The number of hydrogen-bond acceptors (Lipinski definition) is 2. The van der Waals surface area contributed by atoms with Crippen LogP contribution in [0.15, 0.2) is 0 Å². The normalized spacial score (nSPS) is 12.6. The molecule has 0 radical (unpaired) electrons. The van der Waals surface area contributed by atoms with Crippen molar-refractivity contribution in [3.05, 3.63) is 0 Å². The zero-order chi connectivity index (χ0) is 8.69. The number of rotatable bonds is 5. The van der Waals surface area contributed by atoms with Crippen molar-refractivity contribution in [2.75, 3.05) is 13.3 Å². The fraction of sp³-hybridized carbons (Fsp3) is 0.875. The van der Waals surface area contributed by atoms with Crippen LogP contribution in [0.2, 0.25) is 0 Å². The monoisotopic (exact) mass is 162 g/mol. The van der Waals surface area contributed by atoms with Crippen LogP contribution in [0.1, 0.15) is 26.7 Å². The van der Waals surface area contributed by atoms with Gasteiger partial charge in [0.05, 0.1) is 5.92 Å². The largest absolute Gasteiger partial charge is 0.463 e. The number of alkyl halides is 1. The van der Waals surface area contributed by atoms with Crippen molar-refractivity contribution >= 4 is 5.97 Å². The van der Waals surface area contributed by atoms with E-state index in [-0.39, 0.29) is 18.5 Å². The van der Waals surface area contributed by atoms with Crippen molar-refractivity contribution < 1.29 is 13.9 Å². The summed E-state index contributed by atoms with van der Waals surface area (Å²) in [6, 6.07) is 0. The molecule has 1 atom stereocenters. The average molecular weight is 162 g/mol. The summed E-state index contributed by atoms with van der Waals surface area (Å²) < 4.78 is 16.1. The van der Waals surface area contributed by atoms with E-state index in [0.29, 0.717) is 0 Å². The van der Waals surface area contributed by atoms with Gasteiger partial charge in [-0.15, -0.1) is 0 Å². The molecule has 0 saturated heterocycles. The highest BCUT2D eigenvalue weighted by Crippen LogP contribution is 2.06. The third-order valence-electron chi connectivity index (χ3n) is 1.45. The maximum absolute atomic E-state index is 11.5. The Balaban J connectivity index is 3.47. The lowest BCUT2D eigenvalue weighted by atomic mass is 10.1. The Labute approximate surface area is 66.7 Å². The molecule has 0 bridgehead atoms. The molecule has 0 amide bonds. The van der Waals surface area contributed by atoms with Crippen LogP contribution in [0, 0.1) is 5.92 Å². The molecule has 3 heteroatoms. The van der Waals surface area contributed by atoms with Gasteiger partial charge in [0.2, 0.25) is 0 Å². The van der Waals surface area contributed by atoms with Crippen LogP contribution in [-0.4, -0.2) is 19.3 Å². The van der Waals surface area contributed by atoms with E-state index in [0.717, 1.165) is 12.8 Å². The molecule has 0 aromatic heterocycles. The molecule has 0 N–H and O–H groups in total. The van der Waals surface area contributed by atoms with Crippen LogP contribution in [0.4, 0.5) is 4.39 Å². The second-order valence-corrected chi connectivity index (χ2v) is 2.55. The Bertz CT molecular complexity index is 115. The van der Waals surface area contributed by atoms with Crippen LogP contribution in [0.5, 0.6) is 0 Å². The number of hydrogen-bond donors (Lipinski definition) is 0. The molecule has 0 saturated carbocycles. The minimum absolute atomic E-state index is 0.0912. The Morgan fingerprint density at radius 3 is 2.73 bits per heavy atom. The standard InChI is InChI=1S/C8H15FO2/c1-3-4-7(2)8(10)11-6-5-9/h7H,3-6H2,1-2H3. The Morgan fingerprint density at radius 2 is 2.27 bits per heavy atom. The molecule has 0 aromatic carbocycles. The van der Waals surface area contributed by atoms with Crippen LogP contribution >= 0.6 is 0 Å². The van der Waals surface area contributed by atoms with Crippen molar-refractivity contribution in [2.45, 2.75) is 26.7 Å². The molecule has 0 aliphatic carbocycles. The lowest BCUT2D eigenvalue weighted by molar-refractivity contribution is -0.148. The van der Waals surface area contributed by atoms with E-state index in [4.69, 9.17) is 0 Å². The van der Waals surface area contributed by atoms with Gasteiger partial charge in [-0.3, -0.25) is 4.79 Å². The predicted molar refractivity (Wildman–Crippen MR) is 41.0 cm³/mol. The van der Waals surface area contributed by atoms with Crippen LogP contribution in [0.3, 0.4) is 0 Å². The number of halogens is 1. The predicted octanol–water partition coefficient (Wildman–Crippen LogP) is 1.94. The molecule has 0 rings (SSSR count). The van der Waals surface area contributed by atoms with Crippen molar-refractivity contribution in [3.8, 4) is 0 Å². The first-order valence-electron chi connectivity index (χ1n) is 3.95. The van der Waals surface area contributed by atoms with Gasteiger partial charge in [-0.2, -0.15) is 0 Å². The fourth-order valence-electron chi connectivity index (χ4n) is 0.832. The van der Waals surface area contributed by atoms with Crippen molar-refractivity contribution in [1.82, 2.24) is 0 Å². The highest BCUT2D eigenvalue weighted by atomic mass is 19.1. The number of esters is 1. The fourth-order valence-corrected chi connectivity index (χ4v) is 0.832. The number of carbonyl (C=O) groups is 1. The molecular weight excluding hydrogens is 147 g/mol. The topological polar surface area (TPSA) is 26.3 Å². The Hall–Kier alpha value is -0.600. The smallest absolute Gasteiger partial charge is 0.308 e. The molecule has 1 unspecified atom stereocenters. The summed E-state index contributed by atoms with van der Waals surface area (Å²) >= 11 is 0. The maximum atomic E-state index is 11.5. The number of ether oxygens (including phenoxy) is 1. The second-order valence-electron chi connectivity index (χ2n) is 2.55. The lowest BCUT2D eigenvalue weighted by Crippen LogP contribution is -2.15. The molecule has 2 nitrogen and oxygen atoms in total. The van der Waals surface area contributed by atoms with Gasteiger partial charge in [-0.25, -0.2) is 4.39 Å². The van der Waals surface area contributed by atoms with Crippen molar-refractivity contribution in [1.29, 1.82) is 0 Å². The summed E-state index contributed by atoms with van der Waals surface area (Å²) in [5, 5.41) is 0. The van der Waals surface area contributed by atoms with Gasteiger partial charge in [0.1, 0.15) is 13.3 Å².